The van der Waals surface area contributed by atoms with Gasteiger partial charge in [0.25, 0.3) is 5.91 Å². The number of nitrogens with zero attached hydrogens (tertiary/aromatic N) is 3. The molecule has 2 saturated heterocycles. The molecule has 1 unspecified atom stereocenters. The van der Waals surface area contributed by atoms with Gasteiger partial charge in [-0.25, -0.2) is 9.29 Å². The van der Waals surface area contributed by atoms with E-state index in [1.807, 2.05) is 0 Å². The Kier molecular flexibility index (Phi) is 4.66. The van der Waals surface area contributed by atoms with E-state index in [0.29, 0.717) is 5.69 Å². The predicted octanol–water partition coefficient (Wildman–Crippen LogP) is 2.59. The molecule has 0 spiro atoms. The summed E-state index contributed by atoms with van der Waals surface area (Å²) in [6.45, 7) is 5.17. The van der Waals surface area contributed by atoms with E-state index in [9.17, 15) is 14.0 Å². The van der Waals surface area contributed by atoms with Gasteiger partial charge in [0.2, 0.25) is 5.91 Å². The molecule has 2 fully saturated rings. The number of halogens is 1. The lowest BCUT2D eigenvalue weighted by Crippen LogP contribution is -2.52. The summed E-state index contributed by atoms with van der Waals surface area (Å²) in [5.41, 5.74) is 2.85. The molecule has 4 rings (SSSR count). The molecule has 5 nitrogen and oxygen atoms in total. The molecular weight excluding hydrogens is 345 g/mol. The van der Waals surface area contributed by atoms with Crippen LogP contribution in [0.4, 0.5) is 15.8 Å². The molecule has 2 heterocycles. The van der Waals surface area contributed by atoms with Crippen molar-refractivity contribution in [3.63, 3.8) is 0 Å². The van der Waals surface area contributed by atoms with Crippen LogP contribution in [0.3, 0.4) is 0 Å². The number of imide groups is 1. The Morgan fingerprint density at radius 2 is 1.63 bits per heavy atom. The lowest BCUT2D eigenvalue weighted by Gasteiger charge is -2.38. The minimum atomic E-state index is -0.429. The molecule has 140 valence electrons. The highest BCUT2D eigenvalue weighted by Gasteiger charge is 2.43. The minimum absolute atomic E-state index is 0.181. The van der Waals surface area contributed by atoms with Gasteiger partial charge in [-0.3, -0.25) is 14.5 Å². The molecule has 6 heteroatoms. The van der Waals surface area contributed by atoms with E-state index in [2.05, 4.69) is 41.0 Å². The number of benzene rings is 2. The van der Waals surface area contributed by atoms with Gasteiger partial charge in [-0.15, -0.1) is 0 Å². The van der Waals surface area contributed by atoms with Crippen LogP contribution in [0.5, 0.6) is 0 Å². The predicted molar refractivity (Wildman–Crippen MR) is 102 cm³/mol. The first-order valence-electron chi connectivity index (χ1n) is 9.21. The van der Waals surface area contributed by atoms with Crippen molar-refractivity contribution < 1.29 is 14.0 Å². The largest absolute Gasteiger partial charge is 0.369 e. The number of amides is 2. The fourth-order valence-electron chi connectivity index (χ4n) is 3.88. The van der Waals surface area contributed by atoms with Crippen molar-refractivity contribution in [2.24, 2.45) is 0 Å². The summed E-state index contributed by atoms with van der Waals surface area (Å²) in [7, 11) is 0. The van der Waals surface area contributed by atoms with E-state index in [1.165, 1.54) is 40.4 Å². The number of anilines is 2. The average molecular weight is 367 g/mol. The molecule has 2 aromatic rings. The average Bonchev–Trinajstić information content (AvgIpc) is 2.97. The first-order chi connectivity index (χ1) is 13.0. The molecule has 0 aromatic heterocycles. The van der Waals surface area contributed by atoms with E-state index in [0.717, 1.165) is 26.2 Å². The topological polar surface area (TPSA) is 43.9 Å². The van der Waals surface area contributed by atoms with E-state index >= 15 is 0 Å². The zero-order valence-electron chi connectivity index (χ0n) is 15.3. The third-order valence-corrected chi connectivity index (χ3v) is 5.33. The second-order valence-electron chi connectivity index (χ2n) is 7.13. The number of hydrogen-bond acceptors (Lipinski definition) is 4. The molecule has 2 aliphatic rings. The van der Waals surface area contributed by atoms with Crippen molar-refractivity contribution in [3.05, 3.63) is 59.9 Å². The molecular formula is C21H22FN3O2. The van der Waals surface area contributed by atoms with Crippen molar-refractivity contribution in [1.82, 2.24) is 4.90 Å². The van der Waals surface area contributed by atoms with Crippen LogP contribution in [0, 0.1) is 12.7 Å². The fraction of sp³-hybridized carbons (Fsp3) is 0.333. The molecule has 1 atom stereocenters. The summed E-state index contributed by atoms with van der Waals surface area (Å²) >= 11 is 0. The molecule has 0 saturated carbocycles. The maximum absolute atomic E-state index is 13.1. The van der Waals surface area contributed by atoms with E-state index in [-0.39, 0.29) is 24.1 Å². The summed E-state index contributed by atoms with van der Waals surface area (Å²) in [5, 5.41) is 0. The highest BCUT2D eigenvalue weighted by Crippen LogP contribution is 2.27. The SMILES string of the molecule is Cc1cccc(N2CCN(C3CC(=O)N(c4ccc(F)cc4)C3=O)CC2)c1. The number of piperazine rings is 1. The standard InChI is InChI=1S/C21H22FN3O2/c1-15-3-2-4-18(13-15)23-9-11-24(12-10-23)19-14-20(26)25(21(19)27)17-7-5-16(22)6-8-17/h2-8,13,19H,9-12,14H2,1H3. The molecule has 27 heavy (non-hydrogen) atoms. The maximum Gasteiger partial charge on any atom is 0.251 e. The Morgan fingerprint density at radius 1 is 0.926 bits per heavy atom. The third-order valence-electron chi connectivity index (χ3n) is 5.33. The van der Waals surface area contributed by atoms with E-state index in [1.54, 1.807) is 0 Å². The third kappa shape index (κ3) is 3.45. The zero-order valence-corrected chi connectivity index (χ0v) is 15.3. The van der Waals surface area contributed by atoms with E-state index < -0.39 is 6.04 Å². The molecule has 0 radical (unpaired) electrons. The quantitative estimate of drug-likeness (QED) is 0.783. The second kappa shape index (κ2) is 7.12. The highest BCUT2D eigenvalue weighted by atomic mass is 19.1. The van der Waals surface area contributed by atoms with Gasteiger partial charge in [-0.05, 0) is 48.9 Å². The monoisotopic (exact) mass is 367 g/mol. The summed E-state index contributed by atoms with van der Waals surface area (Å²) in [6.07, 6.45) is 0.181. The maximum atomic E-state index is 13.1. The Bertz CT molecular complexity index is 860. The van der Waals surface area contributed by atoms with Gasteiger partial charge < -0.3 is 4.90 Å². The summed E-state index contributed by atoms with van der Waals surface area (Å²) in [5.74, 6) is -0.824. The van der Waals surface area contributed by atoms with Gasteiger partial charge in [0.05, 0.1) is 18.2 Å². The number of rotatable bonds is 3. The minimum Gasteiger partial charge on any atom is -0.369 e. The summed E-state index contributed by atoms with van der Waals surface area (Å²) < 4.78 is 13.1. The zero-order chi connectivity index (χ0) is 19.0. The van der Waals surface area contributed by atoms with Gasteiger partial charge in [-0.1, -0.05) is 12.1 Å². The Hall–Kier alpha value is -2.73. The van der Waals surface area contributed by atoms with Crippen molar-refractivity contribution in [2.45, 2.75) is 19.4 Å². The fourth-order valence-corrected chi connectivity index (χ4v) is 3.88. The molecule has 0 N–H and O–H groups in total. The normalized spacial score (nSPS) is 21.2. The van der Waals surface area contributed by atoms with Crippen molar-refractivity contribution in [2.75, 3.05) is 36.0 Å². The number of carbonyl (C=O) groups is 2. The Morgan fingerprint density at radius 3 is 2.30 bits per heavy atom. The molecule has 0 bridgehead atoms. The lowest BCUT2D eigenvalue weighted by atomic mass is 10.1. The van der Waals surface area contributed by atoms with Crippen LogP contribution in [0.15, 0.2) is 48.5 Å². The van der Waals surface area contributed by atoms with E-state index in [4.69, 9.17) is 0 Å². The van der Waals surface area contributed by atoms with Crippen LogP contribution in [0.25, 0.3) is 0 Å². The molecule has 2 aliphatic heterocycles. The van der Waals surface area contributed by atoms with Gasteiger partial charge in [0.1, 0.15) is 5.82 Å². The molecule has 2 aromatic carbocycles. The Labute approximate surface area is 158 Å². The van der Waals surface area contributed by atoms with Gasteiger partial charge in [0, 0.05) is 31.9 Å². The number of hydrogen-bond donors (Lipinski definition) is 0. The van der Waals surface area contributed by atoms with Gasteiger partial charge in [0.15, 0.2) is 0 Å². The molecule has 2 amide bonds. The molecule has 0 aliphatic carbocycles. The summed E-state index contributed by atoms with van der Waals surface area (Å²) in [6, 6.07) is 13.4. The lowest BCUT2D eigenvalue weighted by molar-refractivity contribution is -0.123. The highest BCUT2D eigenvalue weighted by molar-refractivity contribution is 6.22. The van der Waals surface area contributed by atoms with Crippen LogP contribution in [-0.4, -0.2) is 48.9 Å². The number of aryl methyl sites for hydroxylation is 1. The first-order valence-corrected chi connectivity index (χ1v) is 9.21. The Balaban J connectivity index is 1.43. The van der Waals surface area contributed by atoms with Gasteiger partial charge >= 0.3 is 0 Å². The van der Waals surface area contributed by atoms with Crippen LogP contribution in [0.2, 0.25) is 0 Å². The second-order valence-corrected chi connectivity index (χ2v) is 7.13. The van der Waals surface area contributed by atoms with Crippen molar-refractivity contribution in [1.29, 1.82) is 0 Å². The van der Waals surface area contributed by atoms with Crippen LogP contribution in [0.1, 0.15) is 12.0 Å². The number of carbonyl (C=O) groups excluding carboxylic acids is 2. The van der Waals surface area contributed by atoms with Crippen LogP contribution in [-0.2, 0) is 9.59 Å². The smallest absolute Gasteiger partial charge is 0.251 e. The van der Waals surface area contributed by atoms with Crippen molar-refractivity contribution >= 4 is 23.2 Å². The van der Waals surface area contributed by atoms with Crippen LogP contribution >= 0.6 is 0 Å². The first kappa shape index (κ1) is 17.7. The van der Waals surface area contributed by atoms with Gasteiger partial charge in [-0.2, -0.15) is 0 Å². The summed E-state index contributed by atoms with van der Waals surface area (Å²) in [4.78, 5) is 30.9. The van der Waals surface area contributed by atoms with Crippen LogP contribution < -0.4 is 9.80 Å². The van der Waals surface area contributed by atoms with Crippen molar-refractivity contribution in [3.8, 4) is 0 Å².